The lowest BCUT2D eigenvalue weighted by Gasteiger charge is -2.51. The molecule has 5 N–H and O–H groups in total. The molecule has 1 saturated heterocycles. The maximum Gasteiger partial charge on any atom is 0.272 e. The Morgan fingerprint density at radius 1 is 0.773 bits per heavy atom. The molecule has 5 atom stereocenters. The number of epoxide rings is 1. The Hall–Kier alpha value is -5.35. The van der Waals surface area contributed by atoms with Crippen molar-refractivity contribution in [2.75, 3.05) is 0 Å². The van der Waals surface area contributed by atoms with Gasteiger partial charge in [-0.05, 0) is 55.5 Å². The molecule has 0 radical (unpaired) electrons. The van der Waals surface area contributed by atoms with Gasteiger partial charge in [0.2, 0.25) is 0 Å². The van der Waals surface area contributed by atoms with Crippen LogP contribution in [0.1, 0.15) is 41.9 Å². The fraction of sp³-hybridized carbons (Fsp3) is 0.206. The van der Waals surface area contributed by atoms with Crippen LogP contribution in [0.15, 0.2) is 77.2 Å². The quantitative estimate of drug-likeness (QED) is 0.162. The number of furan rings is 1. The molecule has 4 aliphatic rings. The van der Waals surface area contributed by atoms with Crippen molar-refractivity contribution in [3.8, 4) is 51.6 Å². The molecule has 5 aromatic rings. The van der Waals surface area contributed by atoms with E-state index in [0.717, 1.165) is 5.39 Å². The van der Waals surface area contributed by atoms with Crippen LogP contribution < -0.4 is 9.47 Å². The summed E-state index contributed by atoms with van der Waals surface area (Å²) >= 11 is 0. The first-order valence-corrected chi connectivity index (χ1v) is 14.1. The Morgan fingerprint density at radius 2 is 1.52 bits per heavy atom. The Bertz CT molecular complexity index is 2120. The number of phenolic OH excluding ortho intramolecular Hbond substituents is 5. The number of phenols is 5. The molecule has 1 aliphatic carbocycles. The maximum absolute atomic E-state index is 14.6. The zero-order valence-corrected chi connectivity index (χ0v) is 23.1. The topological polar surface area (TPSA) is 162 Å². The molecule has 1 aromatic heterocycles. The summed E-state index contributed by atoms with van der Waals surface area (Å²) in [5.41, 5.74) is -0.724. The highest BCUT2D eigenvalue weighted by atomic mass is 16.8. The van der Waals surface area contributed by atoms with E-state index in [9.17, 15) is 30.3 Å². The number of fused-ring (bicyclic) bond motifs is 7. The van der Waals surface area contributed by atoms with Crippen LogP contribution in [-0.4, -0.2) is 42.5 Å². The number of hydrogen-bond donors (Lipinski definition) is 5. The third kappa shape index (κ3) is 2.95. The van der Waals surface area contributed by atoms with Crippen molar-refractivity contribution >= 4 is 16.8 Å². The van der Waals surface area contributed by atoms with Gasteiger partial charge in [0.15, 0.2) is 17.0 Å². The average molecular weight is 593 g/mol. The smallest absolute Gasteiger partial charge is 0.272 e. The van der Waals surface area contributed by atoms with Gasteiger partial charge in [-0.1, -0.05) is 6.07 Å². The predicted molar refractivity (Wildman–Crippen MR) is 153 cm³/mol. The standard InChI is InChI=1S/C34H24O10/c1-32-14-22(20-6-4-19(37)13-27(20)42-32)33-30(31(32)40)29-24(39)8-16(25-9-15-2-3-18(36)12-26(15)41-25)10-28(29)43-34(33,44-33)21-7-5-17(35)11-23(21)38/h2-13,22,30,35-39H,14H2,1H3/t22-,30?,32?,33?,34?/m0/s1. The van der Waals surface area contributed by atoms with E-state index in [1.807, 2.05) is 0 Å². The van der Waals surface area contributed by atoms with Crippen molar-refractivity contribution in [2.45, 2.75) is 42.2 Å². The number of carbonyl (C=O) groups is 1. The zero-order chi connectivity index (χ0) is 30.3. The fourth-order valence-corrected chi connectivity index (χ4v) is 7.69. The molecule has 9 rings (SSSR count). The van der Waals surface area contributed by atoms with Gasteiger partial charge in [0.05, 0.1) is 11.5 Å². The minimum atomic E-state index is -1.68. The van der Waals surface area contributed by atoms with Crippen molar-refractivity contribution in [1.82, 2.24) is 0 Å². The van der Waals surface area contributed by atoms with Crippen molar-refractivity contribution in [3.63, 3.8) is 0 Å². The molecule has 44 heavy (non-hydrogen) atoms. The van der Waals surface area contributed by atoms with E-state index in [1.54, 1.807) is 37.3 Å². The first-order chi connectivity index (χ1) is 21.0. The summed E-state index contributed by atoms with van der Waals surface area (Å²) < 4.78 is 25.5. The van der Waals surface area contributed by atoms with E-state index in [4.69, 9.17) is 18.6 Å². The van der Waals surface area contributed by atoms with Gasteiger partial charge in [0.25, 0.3) is 5.79 Å². The number of hydrogen-bond acceptors (Lipinski definition) is 10. The molecule has 4 unspecified atom stereocenters. The highest BCUT2D eigenvalue weighted by Gasteiger charge is 2.88. The minimum absolute atomic E-state index is 0.0239. The number of rotatable bonds is 2. The van der Waals surface area contributed by atoms with E-state index < -0.39 is 28.8 Å². The van der Waals surface area contributed by atoms with Crippen molar-refractivity contribution in [1.29, 1.82) is 0 Å². The lowest BCUT2D eigenvalue weighted by atomic mass is 9.56. The zero-order valence-electron chi connectivity index (χ0n) is 23.1. The van der Waals surface area contributed by atoms with Crippen LogP contribution in [0.3, 0.4) is 0 Å². The molecule has 4 heterocycles. The largest absolute Gasteiger partial charge is 0.508 e. The monoisotopic (exact) mass is 592 g/mol. The van der Waals surface area contributed by atoms with E-state index in [2.05, 4.69) is 0 Å². The van der Waals surface area contributed by atoms with Crippen LogP contribution in [0.2, 0.25) is 0 Å². The van der Waals surface area contributed by atoms with Crippen LogP contribution in [0.25, 0.3) is 22.3 Å². The summed E-state index contributed by atoms with van der Waals surface area (Å²) in [6.45, 7) is 1.69. The third-order valence-corrected chi connectivity index (χ3v) is 9.60. The summed E-state index contributed by atoms with van der Waals surface area (Å²) in [5.74, 6) is -3.40. The lowest BCUT2D eigenvalue weighted by Crippen LogP contribution is -2.61. The third-order valence-electron chi connectivity index (χ3n) is 9.60. The average Bonchev–Trinajstić information content (AvgIpc) is 3.46. The predicted octanol–water partition coefficient (Wildman–Crippen LogP) is 5.63. The second-order valence-corrected chi connectivity index (χ2v) is 12.2. The molecule has 2 fully saturated rings. The Labute approximate surface area is 248 Å². The second kappa shape index (κ2) is 7.78. The Morgan fingerprint density at radius 3 is 2.34 bits per heavy atom. The SMILES string of the molecule is CC12C[C@@H](c3ccc(O)cc3O1)C13OC1(c1ccc(O)cc1O)Oc1cc(-c4cc5ccc(O)cc5o4)cc(O)c1C3C2=O. The number of benzene rings is 4. The van der Waals surface area contributed by atoms with Crippen molar-refractivity contribution in [3.05, 3.63) is 89.5 Å². The number of ether oxygens (including phenoxy) is 3. The number of carbonyl (C=O) groups excluding carboxylic acids is 1. The van der Waals surface area contributed by atoms with Gasteiger partial charge >= 0.3 is 0 Å². The molecule has 1 spiro atoms. The molecule has 3 aliphatic heterocycles. The maximum atomic E-state index is 14.6. The highest BCUT2D eigenvalue weighted by Crippen LogP contribution is 2.78. The normalized spacial score (nSPS) is 29.1. The van der Waals surface area contributed by atoms with Gasteiger partial charge in [-0.25, -0.2) is 0 Å². The van der Waals surface area contributed by atoms with Gasteiger partial charge in [-0.3, -0.25) is 4.79 Å². The van der Waals surface area contributed by atoms with E-state index in [1.165, 1.54) is 42.5 Å². The van der Waals surface area contributed by atoms with Crippen LogP contribution >= 0.6 is 0 Å². The van der Waals surface area contributed by atoms with Gasteiger partial charge < -0.3 is 44.2 Å². The molecule has 1 saturated carbocycles. The van der Waals surface area contributed by atoms with E-state index in [-0.39, 0.29) is 57.8 Å². The lowest BCUT2D eigenvalue weighted by molar-refractivity contribution is -0.145. The number of ketones is 1. The summed E-state index contributed by atoms with van der Waals surface area (Å²) in [6.07, 6.45) is 0.226. The molecule has 2 bridgehead atoms. The highest BCUT2D eigenvalue weighted by molar-refractivity contribution is 5.99. The Kier molecular flexibility index (Phi) is 4.45. The van der Waals surface area contributed by atoms with Gasteiger partial charge in [-0.2, -0.15) is 0 Å². The van der Waals surface area contributed by atoms with Gasteiger partial charge in [0, 0.05) is 52.6 Å². The van der Waals surface area contributed by atoms with Crippen LogP contribution in [0.5, 0.6) is 40.2 Å². The van der Waals surface area contributed by atoms with Gasteiger partial charge in [0.1, 0.15) is 51.6 Å². The van der Waals surface area contributed by atoms with Crippen LogP contribution in [-0.2, 0) is 15.3 Å². The van der Waals surface area contributed by atoms with E-state index >= 15 is 0 Å². The van der Waals surface area contributed by atoms with Gasteiger partial charge in [-0.15, -0.1) is 0 Å². The number of aromatic hydroxyl groups is 5. The molecule has 0 amide bonds. The summed E-state index contributed by atoms with van der Waals surface area (Å²) in [4.78, 5) is 14.6. The fourth-order valence-electron chi connectivity index (χ4n) is 7.69. The molecule has 4 aromatic carbocycles. The molecular weight excluding hydrogens is 568 g/mol. The first-order valence-electron chi connectivity index (χ1n) is 14.1. The Balaban J connectivity index is 1.30. The van der Waals surface area contributed by atoms with Crippen LogP contribution in [0.4, 0.5) is 0 Å². The minimum Gasteiger partial charge on any atom is -0.508 e. The number of Topliss-reactive ketones (excluding diaryl/α,β-unsaturated/α-hetero) is 1. The molecule has 10 nitrogen and oxygen atoms in total. The summed E-state index contributed by atoms with van der Waals surface area (Å²) in [7, 11) is 0. The van der Waals surface area contributed by atoms with E-state index in [0.29, 0.717) is 28.2 Å². The first kappa shape index (κ1) is 25.2. The van der Waals surface area contributed by atoms with Crippen LogP contribution in [0, 0.1) is 0 Å². The second-order valence-electron chi connectivity index (χ2n) is 12.2. The molecular formula is C34H24O10. The summed E-state index contributed by atoms with van der Waals surface area (Å²) in [5, 5.41) is 53.6. The van der Waals surface area contributed by atoms with Crippen molar-refractivity contribution in [2.24, 2.45) is 0 Å². The van der Waals surface area contributed by atoms with Crippen molar-refractivity contribution < 1.29 is 49.0 Å². The molecule has 220 valence electrons. The molecule has 10 heteroatoms. The summed E-state index contributed by atoms with van der Waals surface area (Å²) in [6, 6.07) is 18.4.